The van der Waals surface area contributed by atoms with E-state index in [4.69, 9.17) is 22.9 Å². The lowest BCUT2D eigenvalue weighted by Crippen LogP contribution is -2.74. The van der Waals surface area contributed by atoms with E-state index in [0.717, 1.165) is 33.6 Å². The Morgan fingerprint density at radius 2 is 1.53 bits per heavy atom. The zero-order valence-corrected chi connectivity index (χ0v) is 33.0. The molecule has 4 heterocycles. The first-order valence-corrected chi connectivity index (χ1v) is 19.6. The summed E-state index contributed by atoms with van der Waals surface area (Å²) in [5.41, 5.74) is 4.37. The monoisotopic (exact) mass is 790 g/mol. The zero-order chi connectivity index (χ0) is 40.6. The van der Waals surface area contributed by atoms with Gasteiger partial charge in [-0.2, -0.15) is 0 Å². The highest BCUT2D eigenvalue weighted by molar-refractivity contribution is 6.33. The van der Waals surface area contributed by atoms with E-state index in [1.54, 1.807) is 35.2 Å². The van der Waals surface area contributed by atoms with Crippen LogP contribution in [0.2, 0.25) is 5.02 Å². The van der Waals surface area contributed by atoms with Gasteiger partial charge < -0.3 is 15.0 Å². The third-order valence-electron chi connectivity index (χ3n) is 12.5. The smallest absolute Gasteiger partial charge is 0.262 e. The van der Waals surface area contributed by atoms with Gasteiger partial charge in [0.2, 0.25) is 23.4 Å². The number of imide groups is 2. The molecule has 4 aliphatic heterocycles. The summed E-state index contributed by atoms with van der Waals surface area (Å²) < 4.78 is 6.39. The van der Waals surface area contributed by atoms with Crippen LogP contribution in [0.1, 0.15) is 93.9 Å². The lowest BCUT2D eigenvalue weighted by atomic mass is 9.49. The summed E-state index contributed by atoms with van der Waals surface area (Å²) in [7, 11) is 0. The molecular formula is C43H43ClN6O7. The third kappa shape index (κ3) is 6.64. The van der Waals surface area contributed by atoms with Crippen molar-refractivity contribution in [2.75, 3.05) is 19.6 Å². The normalized spacial score (nSPS) is 23.4. The highest BCUT2D eigenvalue weighted by Crippen LogP contribution is 2.55. The molecule has 0 spiro atoms. The molecule has 0 bridgehead atoms. The minimum Gasteiger partial charge on any atom is -0.489 e. The quantitative estimate of drug-likeness (QED) is 0.255. The van der Waals surface area contributed by atoms with Gasteiger partial charge in [-0.15, -0.1) is 0 Å². The number of ether oxygens (including phenoxy) is 1. The van der Waals surface area contributed by atoms with E-state index >= 15 is 0 Å². The van der Waals surface area contributed by atoms with Crippen molar-refractivity contribution in [1.29, 1.82) is 0 Å². The lowest BCUT2D eigenvalue weighted by molar-refractivity contribution is -0.164. The molecule has 3 aromatic carbocycles. The van der Waals surface area contributed by atoms with Crippen LogP contribution in [0.5, 0.6) is 5.75 Å². The first-order chi connectivity index (χ1) is 27.1. The molecule has 3 aromatic rings. The molecule has 14 heteroatoms. The molecule has 0 aromatic heterocycles. The molecule has 1 aliphatic carbocycles. The Morgan fingerprint density at radius 3 is 2.14 bits per heavy atom. The van der Waals surface area contributed by atoms with E-state index in [-0.39, 0.29) is 54.5 Å². The first kappa shape index (κ1) is 38.3. The molecule has 5 aliphatic rings. The maximum atomic E-state index is 13.7. The number of halogens is 1. The second-order valence-corrected chi connectivity index (χ2v) is 17.3. The number of hydrogen-bond donors (Lipinski definition) is 2. The van der Waals surface area contributed by atoms with Crippen LogP contribution in [0, 0.1) is 17.4 Å². The molecule has 2 N–H and O–H groups in total. The molecule has 1 unspecified atom stereocenters. The number of fused-ring (bicyclic) bond motifs is 3. The number of amides is 6. The lowest BCUT2D eigenvalue weighted by Gasteiger charge is -2.63. The number of carbonyl (C=O) groups is 6. The van der Waals surface area contributed by atoms with Crippen molar-refractivity contribution in [3.8, 4) is 5.75 Å². The Morgan fingerprint density at radius 1 is 0.877 bits per heavy atom. The Kier molecular flexibility index (Phi) is 9.48. The maximum Gasteiger partial charge on any atom is 0.262 e. The van der Waals surface area contributed by atoms with Gasteiger partial charge in [0.1, 0.15) is 17.9 Å². The van der Waals surface area contributed by atoms with E-state index in [1.165, 1.54) is 0 Å². The molecule has 13 nitrogen and oxygen atoms in total. The van der Waals surface area contributed by atoms with Crippen molar-refractivity contribution in [1.82, 2.24) is 25.3 Å². The van der Waals surface area contributed by atoms with Crippen LogP contribution in [0.15, 0.2) is 48.5 Å². The summed E-state index contributed by atoms with van der Waals surface area (Å²) in [4.78, 5) is 86.3. The van der Waals surface area contributed by atoms with Crippen molar-refractivity contribution in [3.63, 3.8) is 0 Å². The van der Waals surface area contributed by atoms with Gasteiger partial charge in [-0.05, 0) is 77.9 Å². The van der Waals surface area contributed by atoms with Crippen LogP contribution in [-0.4, -0.2) is 88.0 Å². The minimum atomic E-state index is -1.03. The number of nitrogens with one attached hydrogen (secondary N) is 2. The van der Waals surface area contributed by atoms with Crippen LogP contribution in [0.4, 0.5) is 5.69 Å². The van der Waals surface area contributed by atoms with Gasteiger partial charge in [0, 0.05) is 55.0 Å². The van der Waals surface area contributed by atoms with Gasteiger partial charge in [-0.25, -0.2) is 4.85 Å². The predicted molar refractivity (Wildman–Crippen MR) is 209 cm³/mol. The summed E-state index contributed by atoms with van der Waals surface area (Å²) in [5.74, 6) is -1.85. The van der Waals surface area contributed by atoms with Crippen molar-refractivity contribution < 1.29 is 33.5 Å². The molecule has 57 heavy (non-hydrogen) atoms. The fraction of sp³-hybridized carbons (Fsp3) is 0.419. The molecular weight excluding hydrogens is 748 g/mol. The number of piperidine rings is 1. The van der Waals surface area contributed by atoms with E-state index in [9.17, 15) is 28.8 Å². The molecule has 1 atom stereocenters. The van der Waals surface area contributed by atoms with Gasteiger partial charge in [0.25, 0.3) is 17.7 Å². The fourth-order valence-electron chi connectivity index (χ4n) is 9.71. The molecule has 8 rings (SSSR count). The van der Waals surface area contributed by atoms with E-state index in [1.807, 2.05) is 18.2 Å². The Hall–Kier alpha value is -5.58. The summed E-state index contributed by atoms with van der Waals surface area (Å²) in [6, 6.07) is 13.0. The second-order valence-electron chi connectivity index (χ2n) is 16.9. The van der Waals surface area contributed by atoms with Gasteiger partial charge in [-0.1, -0.05) is 51.4 Å². The van der Waals surface area contributed by atoms with Crippen LogP contribution in [0.3, 0.4) is 0 Å². The van der Waals surface area contributed by atoms with E-state index in [0.29, 0.717) is 54.6 Å². The average Bonchev–Trinajstić information content (AvgIpc) is 3.62. The van der Waals surface area contributed by atoms with Crippen molar-refractivity contribution in [3.05, 3.63) is 104 Å². The standard InChI is InChI=1S/C43H43ClN6O7/c1-42(2)40(43(3,4)41(42)57-28-8-9-32(45-5)31(44)19-28)47-36(53)25-7-6-23-12-14-48(15-13-24(23)16-25)22-35(52)49-20-26-17-29-30(18-27(26)21-49)39(56)50(38(29)55)33-10-11-34(51)46-37(33)54/h6-9,16-19,33,40-41H,10-15,20-22H2,1-4H3,(H,47,53)(H,46,51,54). The number of carbonyl (C=O) groups excluding carboxylic acids is 6. The zero-order valence-electron chi connectivity index (χ0n) is 32.2. The molecule has 1 saturated carbocycles. The van der Waals surface area contributed by atoms with Crippen molar-refractivity contribution in [2.45, 2.75) is 84.7 Å². The average molecular weight is 791 g/mol. The molecule has 0 radical (unpaired) electrons. The highest BCUT2D eigenvalue weighted by Gasteiger charge is 2.64. The van der Waals surface area contributed by atoms with Gasteiger partial charge >= 0.3 is 0 Å². The maximum absolute atomic E-state index is 13.7. The van der Waals surface area contributed by atoms with Crippen LogP contribution in [0.25, 0.3) is 4.85 Å². The van der Waals surface area contributed by atoms with E-state index < -0.39 is 40.5 Å². The molecule has 1 saturated heterocycles. The van der Waals surface area contributed by atoms with Crippen LogP contribution in [-0.2, 0) is 40.3 Å². The Balaban J connectivity index is 0.863. The van der Waals surface area contributed by atoms with Gasteiger partial charge in [0.15, 0.2) is 0 Å². The van der Waals surface area contributed by atoms with Gasteiger partial charge in [0.05, 0.1) is 29.3 Å². The topological polar surface area (TPSA) is 150 Å². The minimum absolute atomic E-state index is 0.0507. The van der Waals surface area contributed by atoms with Gasteiger partial charge in [-0.3, -0.25) is 43.9 Å². The van der Waals surface area contributed by atoms with Crippen LogP contribution < -0.4 is 15.4 Å². The SMILES string of the molecule is [C-]#[N+]c1ccc(OC2C(C)(C)C(NC(=O)c3ccc4c(c3)CCN(CC(=O)N3Cc5cc6c(cc5C3)C(=O)N(C3CCC(=O)NC3=O)C6=O)CC4)C2(C)C)cc1Cl. The first-order valence-electron chi connectivity index (χ1n) is 19.2. The second kappa shape index (κ2) is 14.1. The van der Waals surface area contributed by atoms with E-state index in [2.05, 4.69) is 48.1 Å². The van der Waals surface area contributed by atoms with Crippen molar-refractivity contribution >= 4 is 52.7 Å². The Labute approximate surface area is 335 Å². The third-order valence-corrected chi connectivity index (χ3v) is 12.8. The largest absolute Gasteiger partial charge is 0.489 e. The summed E-state index contributed by atoms with van der Waals surface area (Å²) >= 11 is 6.26. The van der Waals surface area contributed by atoms with Crippen LogP contribution >= 0.6 is 11.6 Å². The predicted octanol–water partition coefficient (Wildman–Crippen LogP) is 4.85. The summed E-state index contributed by atoms with van der Waals surface area (Å²) in [6.45, 7) is 17.7. The number of hydrogen-bond acceptors (Lipinski definition) is 8. The number of nitrogens with zero attached hydrogens (tertiary/aromatic N) is 4. The molecule has 294 valence electrons. The summed E-state index contributed by atoms with van der Waals surface area (Å²) in [6.07, 6.45) is 1.33. The van der Waals surface area contributed by atoms with Crippen molar-refractivity contribution in [2.24, 2.45) is 10.8 Å². The summed E-state index contributed by atoms with van der Waals surface area (Å²) in [5, 5.41) is 5.83. The highest BCUT2D eigenvalue weighted by atomic mass is 35.5. The fourth-order valence-corrected chi connectivity index (χ4v) is 9.92. The number of benzene rings is 3. The number of rotatable bonds is 7. The molecule has 2 fully saturated rings. The molecule has 6 amide bonds. The Bertz CT molecular complexity index is 2270.